The Morgan fingerprint density at radius 3 is 1.22 bits per heavy atom. The van der Waals surface area contributed by atoms with Gasteiger partial charge in [0.15, 0.2) is 0 Å². The van der Waals surface area contributed by atoms with Crippen LogP contribution in [-0.2, 0) is 0 Å². The first-order valence-corrected chi connectivity index (χ1v) is 7.23. The predicted octanol–water partition coefficient (Wildman–Crippen LogP) is 1.59. The van der Waals surface area contributed by atoms with Crippen molar-refractivity contribution in [1.82, 2.24) is 0 Å². The summed E-state index contributed by atoms with van der Waals surface area (Å²) in [5, 5.41) is 38.2. The van der Waals surface area contributed by atoms with E-state index in [1.807, 2.05) is 13.8 Å². The van der Waals surface area contributed by atoms with Crippen LogP contribution in [0.4, 0.5) is 0 Å². The fourth-order valence-electron chi connectivity index (χ4n) is 1.92. The van der Waals surface area contributed by atoms with Gasteiger partial charge in [-0.05, 0) is 51.4 Å². The Labute approximate surface area is 111 Å². The highest BCUT2D eigenvalue weighted by Crippen LogP contribution is 2.14. The van der Waals surface area contributed by atoms with Gasteiger partial charge in [0.25, 0.3) is 0 Å². The molecule has 0 aromatic carbocycles. The zero-order valence-electron chi connectivity index (χ0n) is 11.8. The van der Waals surface area contributed by atoms with Crippen LogP contribution in [0, 0.1) is 0 Å². The van der Waals surface area contributed by atoms with Gasteiger partial charge in [-0.3, -0.25) is 0 Å². The fraction of sp³-hybridized carbons (Fsp3) is 1.00. The molecule has 0 fully saturated rings. The van der Waals surface area contributed by atoms with Gasteiger partial charge >= 0.3 is 0 Å². The van der Waals surface area contributed by atoms with Crippen LogP contribution >= 0.6 is 0 Å². The number of aliphatic hydroxyl groups is 4. The van der Waals surface area contributed by atoms with Crippen molar-refractivity contribution < 1.29 is 20.4 Å². The number of aliphatic hydroxyl groups excluding tert-OH is 4. The molecule has 0 aromatic heterocycles. The first-order valence-electron chi connectivity index (χ1n) is 7.23. The largest absolute Gasteiger partial charge is 0.393 e. The van der Waals surface area contributed by atoms with Crippen molar-refractivity contribution in [3.8, 4) is 0 Å². The van der Waals surface area contributed by atoms with E-state index in [1.54, 1.807) is 0 Å². The molecule has 0 saturated carbocycles. The quantitative estimate of drug-likeness (QED) is 0.456. The molecule has 0 rings (SSSR count). The second-order valence-electron chi connectivity index (χ2n) is 5.12. The second kappa shape index (κ2) is 10.7. The van der Waals surface area contributed by atoms with E-state index < -0.39 is 12.2 Å². The van der Waals surface area contributed by atoms with Gasteiger partial charge in [-0.2, -0.15) is 0 Å². The first kappa shape index (κ1) is 17.8. The summed E-state index contributed by atoms with van der Waals surface area (Å²) >= 11 is 0. The molecular weight excluding hydrogens is 232 g/mol. The van der Waals surface area contributed by atoms with Crippen LogP contribution < -0.4 is 0 Å². The molecule has 18 heavy (non-hydrogen) atoms. The minimum atomic E-state index is -0.715. The third-order valence-corrected chi connectivity index (χ3v) is 3.46. The lowest BCUT2D eigenvalue weighted by atomic mass is 9.99. The summed E-state index contributed by atoms with van der Waals surface area (Å²) in [6.07, 6.45) is 3.28. The van der Waals surface area contributed by atoms with Crippen LogP contribution in [0.3, 0.4) is 0 Å². The number of hydrogen-bond donors (Lipinski definition) is 4. The van der Waals surface area contributed by atoms with Crippen molar-refractivity contribution in [2.45, 2.75) is 89.6 Å². The monoisotopic (exact) mass is 262 g/mol. The molecule has 4 nitrogen and oxygen atoms in total. The smallest absolute Gasteiger partial charge is 0.0799 e. The van der Waals surface area contributed by atoms with E-state index in [9.17, 15) is 20.4 Å². The number of hydrogen-bond acceptors (Lipinski definition) is 4. The Kier molecular flexibility index (Phi) is 10.6. The lowest BCUT2D eigenvalue weighted by molar-refractivity contribution is 0.00341. The Morgan fingerprint density at radius 2 is 0.944 bits per heavy atom. The van der Waals surface area contributed by atoms with Gasteiger partial charge in [0, 0.05) is 0 Å². The van der Waals surface area contributed by atoms with E-state index >= 15 is 0 Å². The molecule has 4 heteroatoms. The third-order valence-electron chi connectivity index (χ3n) is 3.46. The summed E-state index contributed by atoms with van der Waals surface area (Å²) in [4.78, 5) is 0. The van der Waals surface area contributed by atoms with Crippen molar-refractivity contribution in [1.29, 1.82) is 0 Å². The summed E-state index contributed by atoms with van der Waals surface area (Å²) in [5.74, 6) is 0. The molecule has 0 amide bonds. The molecule has 0 aliphatic rings. The standard InChI is InChI=1S/C14H30O4/c1-3-11(15)7-5-9-13(17)14(18)10-6-8-12(16)4-2/h11-18H,3-10H2,1-2H3. The van der Waals surface area contributed by atoms with Crippen molar-refractivity contribution in [3.63, 3.8) is 0 Å². The van der Waals surface area contributed by atoms with Crippen molar-refractivity contribution in [3.05, 3.63) is 0 Å². The van der Waals surface area contributed by atoms with Crippen molar-refractivity contribution in [2.24, 2.45) is 0 Å². The van der Waals surface area contributed by atoms with Crippen LogP contribution in [0.2, 0.25) is 0 Å². The minimum absolute atomic E-state index is 0.297. The van der Waals surface area contributed by atoms with E-state index in [-0.39, 0.29) is 12.2 Å². The molecule has 0 bridgehead atoms. The van der Waals surface area contributed by atoms with Gasteiger partial charge in [0.1, 0.15) is 0 Å². The topological polar surface area (TPSA) is 80.9 Å². The third kappa shape index (κ3) is 8.86. The normalized spacial score (nSPS) is 18.3. The molecule has 4 atom stereocenters. The van der Waals surface area contributed by atoms with Crippen LogP contribution in [0.5, 0.6) is 0 Å². The predicted molar refractivity (Wildman–Crippen MR) is 72.3 cm³/mol. The second-order valence-corrected chi connectivity index (χ2v) is 5.12. The lowest BCUT2D eigenvalue weighted by Crippen LogP contribution is -2.26. The number of rotatable bonds is 11. The molecule has 4 unspecified atom stereocenters. The summed E-state index contributed by atoms with van der Waals surface area (Å²) in [5.41, 5.74) is 0. The Bertz CT molecular complexity index is 167. The SMILES string of the molecule is CCC(O)CCCC(O)C(O)CCCC(O)CC. The molecule has 0 saturated heterocycles. The van der Waals surface area contributed by atoms with E-state index in [0.29, 0.717) is 25.7 Å². The summed E-state index contributed by atoms with van der Waals surface area (Å²) in [6.45, 7) is 3.85. The Morgan fingerprint density at radius 1 is 0.611 bits per heavy atom. The Balaban J connectivity index is 3.59. The highest BCUT2D eigenvalue weighted by atomic mass is 16.3. The maximum atomic E-state index is 9.73. The van der Waals surface area contributed by atoms with E-state index in [0.717, 1.165) is 25.7 Å². The highest BCUT2D eigenvalue weighted by Gasteiger charge is 2.16. The molecule has 0 radical (unpaired) electrons. The summed E-state index contributed by atoms with van der Waals surface area (Å²) < 4.78 is 0. The van der Waals surface area contributed by atoms with Gasteiger partial charge in [0.05, 0.1) is 24.4 Å². The minimum Gasteiger partial charge on any atom is -0.393 e. The molecule has 4 N–H and O–H groups in total. The lowest BCUT2D eigenvalue weighted by Gasteiger charge is -2.18. The van der Waals surface area contributed by atoms with Gasteiger partial charge in [-0.1, -0.05) is 13.8 Å². The van der Waals surface area contributed by atoms with E-state index in [2.05, 4.69) is 0 Å². The van der Waals surface area contributed by atoms with Crippen LogP contribution in [0.25, 0.3) is 0 Å². The molecule has 0 aliphatic heterocycles. The van der Waals surface area contributed by atoms with Gasteiger partial charge in [-0.15, -0.1) is 0 Å². The molecule has 110 valence electrons. The van der Waals surface area contributed by atoms with Crippen molar-refractivity contribution >= 4 is 0 Å². The molecule has 0 aromatic rings. The maximum Gasteiger partial charge on any atom is 0.0799 e. The first-order chi connectivity index (χ1) is 8.51. The zero-order chi connectivity index (χ0) is 14.0. The van der Waals surface area contributed by atoms with Gasteiger partial charge < -0.3 is 20.4 Å². The summed E-state index contributed by atoms with van der Waals surface area (Å²) in [6, 6.07) is 0. The average Bonchev–Trinajstić information content (AvgIpc) is 2.37. The summed E-state index contributed by atoms with van der Waals surface area (Å²) in [7, 11) is 0. The highest BCUT2D eigenvalue weighted by molar-refractivity contribution is 4.69. The molecule has 0 spiro atoms. The van der Waals surface area contributed by atoms with Gasteiger partial charge in [-0.25, -0.2) is 0 Å². The molecule has 0 heterocycles. The van der Waals surface area contributed by atoms with Crippen LogP contribution in [0.15, 0.2) is 0 Å². The van der Waals surface area contributed by atoms with Crippen LogP contribution in [0.1, 0.15) is 65.2 Å². The van der Waals surface area contributed by atoms with Crippen LogP contribution in [-0.4, -0.2) is 44.8 Å². The molecular formula is C14H30O4. The Hall–Kier alpha value is -0.160. The van der Waals surface area contributed by atoms with E-state index in [1.165, 1.54) is 0 Å². The maximum absolute atomic E-state index is 9.73. The van der Waals surface area contributed by atoms with Crippen molar-refractivity contribution in [2.75, 3.05) is 0 Å². The average molecular weight is 262 g/mol. The fourth-order valence-corrected chi connectivity index (χ4v) is 1.92. The van der Waals surface area contributed by atoms with Gasteiger partial charge in [0.2, 0.25) is 0 Å². The zero-order valence-corrected chi connectivity index (χ0v) is 11.8. The molecule has 0 aliphatic carbocycles. The van der Waals surface area contributed by atoms with E-state index in [4.69, 9.17) is 0 Å².